The molecule has 1 aromatic heterocycles. The zero-order valence-electron chi connectivity index (χ0n) is 15.2. The smallest absolute Gasteiger partial charge is 0.321 e. The normalized spacial score (nSPS) is 14.5. The van der Waals surface area contributed by atoms with E-state index >= 15 is 0 Å². The molecule has 2 aromatic rings. The molecular weight excluding hydrogens is 401 g/mol. The summed E-state index contributed by atoms with van der Waals surface area (Å²) in [6.45, 7) is 0.337. The summed E-state index contributed by atoms with van der Waals surface area (Å²) in [6, 6.07) is 5.93. The van der Waals surface area contributed by atoms with E-state index < -0.39 is 0 Å². The second-order valence-electron chi connectivity index (χ2n) is 6.50. The summed E-state index contributed by atoms with van der Waals surface area (Å²) < 4.78 is 13.5. The monoisotopic (exact) mass is 423 g/mol. The van der Waals surface area contributed by atoms with Crippen molar-refractivity contribution in [3.8, 4) is 0 Å². The van der Waals surface area contributed by atoms with Gasteiger partial charge in [-0.15, -0.1) is 10.2 Å². The Morgan fingerprint density at radius 1 is 1.14 bits per heavy atom. The maximum Gasteiger partial charge on any atom is 0.321 e. The quantitative estimate of drug-likeness (QED) is 0.468. The lowest BCUT2D eigenvalue weighted by Gasteiger charge is -2.22. The number of nitrogens with one attached hydrogen (secondary N) is 3. The Hall–Kier alpha value is -2.20. The predicted octanol–water partition coefficient (Wildman–Crippen LogP) is 3.54. The first-order chi connectivity index (χ1) is 13.6. The van der Waals surface area contributed by atoms with Crippen molar-refractivity contribution in [1.82, 2.24) is 20.8 Å². The van der Waals surface area contributed by atoms with E-state index in [2.05, 4.69) is 26.1 Å². The van der Waals surface area contributed by atoms with Gasteiger partial charge in [0, 0.05) is 12.6 Å². The van der Waals surface area contributed by atoms with E-state index in [0.29, 0.717) is 16.0 Å². The van der Waals surface area contributed by atoms with Gasteiger partial charge in [0.15, 0.2) is 4.34 Å². The minimum atomic E-state index is -0.307. The van der Waals surface area contributed by atoms with Crippen molar-refractivity contribution in [2.45, 2.75) is 49.0 Å². The Labute approximate surface area is 170 Å². The number of rotatable bonds is 7. The van der Waals surface area contributed by atoms with Crippen LogP contribution in [0.1, 0.15) is 37.7 Å². The third-order valence-corrected chi connectivity index (χ3v) is 6.27. The van der Waals surface area contributed by atoms with Crippen molar-refractivity contribution in [3.05, 3.63) is 35.6 Å². The van der Waals surface area contributed by atoms with Gasteiger partial charge in [-0.3, -0.25) is 10.1 Å². The first-order valence-corrected chi connectivity index (χ1v) is 10.9. The zero-order valence-corrected chi connectivity index (χ0v) is 16.9. The van der Waals surface area contributed by atoms with Gasteiger partial charge in [0.25, 0.3) is 0 Å². The van der Waals surface area contributed by atoms with Crippen LogP contribution in [-0.4, -0.2) is 33.9 Å². The Morgan fingerprint density at radius 3 is 2.64 bits per heavy atom. The van der Waals surface area contributed by atoms with Crippen molar-refractivity contribution in [1.29, 1.82) is 0 Å². The number of nitrogens with zero attached hydrogens (tertiary/aromatic N) is 2. The number of hydrogen-bond acceptors (Lipinski definition) is 6. The van der Waals surface area contributed by atoms with Gasteiger partial charge in [0.1, 0.15) is 5.82 Å². The van der Waals surface area contributed by atoms with Crippen LogP contribution in [0, 0.1) is 5.82 Å². The van der Waals surface area contributed by atoms with E-state index in [0.717, 1.165) is 31.2 Å². The summed E-state index contributed by atoms with van der Waals surface area (Å²) in [6.07, 6.45) is 5.55. The topological polar surface area (TPSA) is 96.0 Å². The molecule has 0 aliphatic heterocycles. The number of anilines is 1. The minimum absolute atomic E-state index is 0.158. The van der Waals surface area contributed by atoms with Crippen molar-refractivity contribution in [2.75, 3.05) is 11.1 Å². The standard InChI is InChI=1S/C18H22FN5O2S2/c19-13-8-6-12(7-9-13)10-20-15(25)11-27-18-24-23-17(28-18)22-16(26)21-14-4-2-1-3-5-14/h6-9,14H,1-5,10-11H2,(H,20,25)(H2,21,22,23,26). The Kier molecular flexibility index (Phi) is 7.61. The van der Waals surface area contributed by atoms with Crippen LogP contribution in [0.5, 0.6) is 0 Å². The molecule has 3 rings (SSSR count). The van der Waals surface area contributed by atoms with Crippen LogP contribution in [0.4, 0.5) is 14.3 Å². The lowest BCUT2D eigenvalue weighted by atomic mass is 9.96. The molecule has 3 amide bonds. The number of carbonyl (C=O) groups excluding carboxylic acids is 2. The van der Waals surface area contributed by atoms with Crippen LogP contribution in [0.2, 0.25) is 0 Å². The van der Waals surface area contributed by atoms with Gasteiger partial charge in [0.05, 0.1) is 5.75 Å². The molecule has 1 aliphatic carbocycles. The SMILES string of the molecule is O=C(CSc1nnc(NC(=O)NC2CCCCC2)s1)NCc1ccc(F)cc1. The maximum absolute atomic E-state index is 12.9. The van der Waals surface area contributed by atoms with Crippen LogP contribution in [0.25, 0.3) is 0 Å². The summed E-state index contributed by atoms with van der Waals surface area (Å²) in [5, 5.41) is 16.7. The summed E-state index contributed by atoms with van der Waals surface area (Å²) in [7, 11) is 0. The van der Waals surface area contributed by atoms with Crippen LogP contribution in [-0.2, 0) is 11.3 Å². The van der Waals surface area contributed by atoms with Crippen molar-refractivity contribution >= 4 is 40.2 Å². The highest BCUT2D eigenvalue weighted by Crippen LogP contribution is 2.25. The molecule has 28 heavy (non-hydrogen) atoms. The molecule has 0 unspecified atom stereocenters. The number of urea groups is 1. The van der Waals surface area contributed by atoms with Gasteiger partial charge < -0.3 is 10.6 Å². The number of amides is 3. The molecule has 1 aliphatic rings. The minimum Gasteiger partial charge on any atom is -0.351 e. The van der Waals surface area contributed by atoms with Crippen molar-refractivity contribution in [3.63, 3.8) is 0 Å². The van der Waals surface area contributed by atoms with Crippen LogP contribution in [0.15, 0.2) is 28.6 Å². The fourth-order valence-electron chi connectivity index (χ4n) is 2.87. The molecule has 1 fully saturated rings. The van der Waals surface area contributed by atoms with E-state index in [9.17, 15) is 14.0 Å². The zero-order chi connectivity index (χ0) is 19.8. The number of hydrogen-bond donors (Lipinski definition) is 3. The van der Waals surface area contributed by atoms with E-state index in [1.807, 2.05) is 0 Å². The highest BCUT2D eigenvalue weighted by atomic mass is 32.2. The number of thioether (sulfide) groups is 1. The van der Waals surface area contributed by atoms with Gasteiger partial charge in [-0.1, -0.05) is 54.5 Å². The molecule has 1 saturated carbocycles. The van der Waals surface area contributed by atoms with Crippen LogP contribution in [0.3, 0.4) is 0 Å². The summed E-state index contributed by atoms with van der Waals surface area (Å²) in [5.74, 6) is -0.280. The van der Waals surface area contributed by atoms with E-state index in [4.69, 9.17) is 0 Å². The van der Waals surface area contributed by atoms with Gasteiger partial charge in [-0.05, 0) is 30.5 Å². The highest BCUT2D eigenvalue weighted by Gasteiger charge is 2.17. The molecule has 0 bridgehead atoms. The lowest BCUT2D eigenvalue weighted by Crippen LogP contribution is -2.38. The number of aromatic nitrogens is 2. The largest absolute Gasteiger partial charge is 0.351 e. The van der Waals surface area contributed by atoms with Gasteiger partial charge >= 0.3 is 6.03 Å². The number of halogens is 1. The first-order valence-electron chi connectivity index (χ1n) is 9.13. The second-order valence-corrected chi connectivity index (χ2v) is 8.70. The molecule has 0 radical (unpaired) electrons. The summed E-state index contributed by atoms with van der Waals surface area (Å²) in [4.78, 5) is 24.0. The molecule has 1 heterocycles. The first kappa shape index (κ1) is 20.5. The van der Waals surface area contributed by atoms with Gasteiger partial charge in [0.2, 0.25) is 11.0 Å². The summed E-state index contributed by atoms with van der Waals surface area (Å²) in [5.41, 5.74) is 0.825. The van der Waals surface area contributed by atoms with Gasteiger partial charge in [-0.25, -0.2) is 9.18 Å². The molecule has 150 valence electrons. The number of benzene rings is 1. The van der Waals surface area contributed by atoms with E-state index in [1.54, 1.807) is 12.1 Å². The average Bonchev–Trinajstić information content (AvgIpc) is 3.14. The molecule has 0 saturated heterocycles. The molecule has 1 aromatic carbocycles. The average molecular weight is 424 g/mol. The van der Waals surface area contributed by atoms with E-state index in [1.165, 1.54) is 41.7 Å². The van der Waals surface area contributed by atoms with Gasteiger partial charge in [-0.2, -0.15) is 0 Å². The summed E-state index contributed by atoms with van der Waals surface area (Å²) >= 11 is 2.48. The highest BCUT2D eigenvalue weighted by molar-refractivity contribution is 8.01. The molecular formula is C18H22FN5O2S2. The molecule has 7 nitrogen and oxygen atoms in total. The Bertz CT molecular complexity index is 794. The molecule has 3 N–H and O–H groups in total. The second kappa shape index (κ2) is 10.4. The van der Waals surface area contributed by atoms with Crippen LogP contribution < -0.4 is 16.0 Å². The molecule has 0 atom stereocenters. The number of carbonyl (C=O) groups is 2. The predicted molar refractivity (Wildman–Crippen MR) is 108 cm³/mol. The third kappa shape index (κ3) is 6.75. The Balaban J connectivity index is 1.37. The third-order valence-electron chi connectivity index (χ3n) is 4.30. The fraction of sp³-hybridized carbons (Fsp3) is 0.444. The fourth-order valence-corrected chi connectivity index (χ4v) is 4.44. The Morgan fingerprint density at radius 2 is 1.89 bits per heavy atom. The van der Waals surface area contributed by atoms with Crippen molar-refractivity contribution in [2.24, 2.45) is 0 Å². The van der Waals surface area contributed by atoms with Crippen LogP contribution >= 0.6 is 23.1 Å². The van der Waals surface area contributed by atoms with E-state index in [-0.39, 0.29) is 29.6 Å². The maximum atomic E-state index is 12.9. The lowest BCUT2D eigenvalue weighted by molar-refractivity contribution is -0.118. The molecule has 10 heteroatoms. The molecule has 0 spiro atoms. The van der Waals surface area contributed by atoms with Crippen molar-refractivity contribution < 1.29 is 14.0 Å².